The Hall–Kier alpha value is -3.06. The topological polar surface area (TPSA) is 98.7 Å². The van der Waals surface area contributed by atoms with E-state index in [-0.39, 0.29) is 5.91 Å². The third-order valence-corrected chi connectivity index (χ3v) is 4.41. The number of rotatable bonds is 6. The molecular weight excluding hydrogens is 328 g/mol. The standard InChI is InChI=1S/C19H20N6O/c20-17(11-13-5-2-1-3-6-13)19(26)21-15-8-4-7-14(12-15)18-22-23-24-25(18)16-9-10-16/h1-8,12,16-17H,9-11,20H2,(H,21,26). The smallest absolute Gasteiger partial charge is 0.241 e. The van der Waals surface area contributed by atoms with Crippen molar-refractivity contribution in [3.63, 3.8) is 0 Å². The highest BCUT2D eigenvalue weighted by molar-refractivity contribution is 5.95. The molecule has 1 heterocycles. The lowest BCUT2D eigenvalue weighted by Gasteiger charge is -2.13. The number of tetrazole rings is 1. The van der Waals surface area contributed by atoms with Crippen molar-refractivity contribution in [3.05, 3.63) is 60.2 Å². The molecule has 0 aliphatic heterocycles. The number of benzene rings is 2. The predicted molar refractivity (Wildman–Crippen MR) is 98.3 cm³/mol. The highest BCUT2D eigenvalue weighted by atomic mass is 16.2. The molecule has 7 nitrogen and oxygen atoms in total. The number of carbonyl (C=O) groups is 1. The molecule has 1 aliphatic carbocycles. The van der Waals surface area contributed by atoms with Gasteiger partial charge in [-0.3, -0.25) is 4.79 Å². The van der Waals surface area contributed by atoms with Crippen molar-refractivity contribution in [2.45, 2.75) is 31.3 Å². The van der Waals surface area contributed by atoms with E-state index in [1.54, 1.807) is 0 Å². The summed E-state index contributed by atoms with van der Waals surface area (Å²) in [6, 6.07) is 17.0. The van der Waals surface area contributed by atoms with Gasteiger partial charge in [-0.15, -0.1) is 5.10 Å². The van der Waals surface area contributed by atoms with Crippen LogP contribution in [0.2, 0.25) is 0 Å². The van der Waals surface area contributed by atoms with Crippen LogP contribution in [0.1, 0.15) is 24.4 Å². The van der Waals surface area contributed by atoms with Gasteiger partial charge in [0, 0.05) is 11.3 Å². The van der Waals surface area contributed by atoms with Crippen LogP contribution in [0.25, 0.3) is 11.4 Å². The van der Waals surface area contributed by atoms with Crippen LogP contribution in [0.4, 0.5) is 5.69 Å². The maximum Gasteiger partial charge on any atom is 0.241 e. The van der Waals surface area contributed by atoms with Crippen LogP contribution in [-0.2, 0) is 11.2 Å². The maximum atomic E-state index is 12.4. The monoisotopic (exact) mass is 348 g/mol. The van der Waals surface area contributed by atoms with Gasteiger partial charge in [0.15, 0.2) is 5.82 Å². The van der Waals surface area contributed by atoms with Crippen molar-refractivity contribution < 1.29 is 4.79 Å². The summed E-state index contributed by atoms with van der Waals surface area (Å²) >= 11 is 0. The van der Waals surface area contributed by atoms with E-state index in [1.807, 2.05) is 59.3 Å². The van der Waals surface area contributed by atoms with Crippen molar-refractivity contribution in [3.8, 4) is 11.4 Å². The second-order valence-corrected chi connectivity index (χ2v) is 6.54. The predicted octanol–water partition coefficient (Wildman–Crippen LogP) is 2.18. The van der Waals surface area contributed by atoms with Gasteiger partial charge in [-0.25, -0.2) is 4.68 Å². The fourth-order valence-electron chi connectivity index (χ4n) is 2.88. The minimum Gasteiger partial charge on any atom is -0.325 e. The summed E-state index contributed by atoms with van der Waals surface area (Å²) in [6.07, 6.45) is 2.69. The number of amides is 1. The summed E-state index contributed by atoms with van der Waals surface area (Å²) in [4.78, 5) is 12.4. The van der Waals surface area contributed by atoms with Crippen molar-refractivity contribution in [1.82, 2.24) is 20.2 Å². The molecule has 0 radical (unpaired) electrons. The first-order valence-electron chi connectivity index (χ1n) is 8.69. The summed E-state index contributed by atoms with van der Waals surface area (Å²) in [7, 11) is 0. The number of nitrogens with zero attached hydrogens (tertiary/aromatic N) is 4. The molecule has 4 rings (SSSR count). The normalized spacial score (nSPS) is 14.8. The number of carbonyl (C=O) groups excluding carboxylic acids is 1. The van der Waals surface area contributed by atoms with Gasteiger partial charge >= 0.3 is 0 Å². The molecule has 3 N–H and O–H groups in total. The molecule has 0 bridgehead atoms. The largest absolute Gasteiger partial charge is 0.325 e. The number of anilines is 1. The Kier molecular flexibility index (Phi) is 4.45. The molecule has 1 aliphatic rings. The summed E-state index contributed by atoms with van der Waals surface area (Å²) in [5.74, 6) is 0.505. The lowest BCUT2D eigenvalue weighted by atomic mass is 10.1. The molecule has 1 unspecified atom stereocenters. The number of hydrogen-bond acceptors (Lipinski definition) is 5. The quantitative estimate of drug-likeness (QED) is 0.711. The third kappa shape index (κ3) is 3.62. The van der Waals surface area contributed by atoms with E-state index < -0.39 is 6.04 Å². The fraction of sp³-hybridized carbons (Fsp3) is 0.263. The van der Waals surface area contributed by atoms with Crippen LogP contribution in [0.5, 0.6) is 0 Å². The Morgan fingerprint density at radius 2 is 2.00 bits per heavy atom. The van der Waals surface area contributed by atoms with Crippen LogP contribution < -0.4 is 11.1 Å². The minimum absolute atomic E-state index is 0.215. The van der Waals surface area contributed by atoms with E-state index in [1.165, 1.54) is 0 Å². The van der Waals surface area contributed by atoms with E-state index in [0.717, 1.165) is 29.8 Å². The zero-order valence-electron chi connectivity index (χ0n) is 14.2. The second kappa shape index (κ2) is 7.05. The number of nitrogens with one attached hydrogen (secondary N) is 1. The summed E-state index contributed by atoms with van der Waals surface area (Å²) in [6.45, 7) is 0. The van der Waals surface area contributed by atoms with Gasteiger partial charge in [-0.1, -0.05) is 42.5 Å². The first kappa shape index (κ1) is 16.4. The average molecular weight is 348 g/mol. The number of hydrogen-bond donors (Lipinski definition) is 2. The zero-order chi connectivity index (χ0) is 17.9. The fourth-order valence-corrected chi connectivity index (χ4v) is 2.88. The van der Waals surface area contributed by atoms with Gasteiger partial charge in [-0.05, 0) is 47.4 Å². The van der Waals surface area contributed by atoms with E-state index in [9.17, 15) is 4.79 Å². The van der Waals surface area contributed by atoms with Gasteiger partial charge in [-0.2, -0.15) is 0 Å². The maximum absolute atomic E-state index is 12.4. The van der Waals surface area contributed by atoms with Gasteiger partial charge in [0.2, 0.25) is 5.91 Å². The van der Waals surface area contributed by atoms with E-state index in [4.69, 9.17) is 5.73 Å². The van der Waals surface area contributed by atoms with Crippen LogP contribution in [0.3, 0.4) is 0 Å². The summed E-state index contributed by atoms with van der Waals surface area (Å²) in [5.41, 5.74) is 8.64. The molecule has 1 saturated carbocycles. The van der Waals surface area contributed by atoms with E-state index in [2.05, 4.69) is 20.8 Å². The molecule has 2 aromatic carbocycles. The van der Waals surface area contributed by atoms with E-state index >= 15 is 0 Å². The third-order valence-electron chi connectivity index (χ3n) is 4.41. The van der Waals surface area contributed by atoms with Gasteiger partial charge in [0.25, 0.3) is 0 Å². The van der Waals surface area contributed by atoms with Crippen LogP contribution in [-0.4, -0.2) is 32.2 Å². The van der Waals surface area contributed by atoms with Gasteiger partial charge in [0.05, 0.1) is 12.1 Å². The molecule has 26 heavy (non-hydrogen) atoms. The second-order valence-electron chi connectivity index (χ2n) is 6.54. The summed E-state index contributed by atoms with van der Waals surface area (Å²) < 4.78 is 1.85. The molecule has 3 aromatic rings. The molecule has 7 heteroatoms. The van der Waals surface area contributed by atoms with Crippen LogP contribution in [0, 0.1) is 0 Å². The average Bonchev–Trinajstić information content (AvgIpc) is 3.39. The van der Waals surface area contributed by atoms with Crippen molar-refractivity contribution in [1.29, 1.82) is 0 Å². The molecule has 1 aromatic heterocycles. The number of aromatic nitrogens is 4. The van der Waals surface area contributed by atoms with Crippen molar-refractivity contribution in [2.75, 3.05) is 5.32 Å². The molecular formula is C19H20N6O. The molecule has 1 amide bonds. The van der Waals surface area contributed by atoms with Crippen LogP contribution in [0.15, 0.2) is 54.6 Å². The van der Waals surface area contributed by atoms with Gasteiger partial charge in [0.1, 0.15) is 0 Å². The molecule has 1 atom stereocenters. The highest BCUT2D eigenvalue weighted by Crippen LogP contribution is 2.36. The Balaban J connectivity index is 1.46. The van der Waals surface area contributed by atoms with E-state index in [0.29, 0.717) is 18.2 Å². The molecule has 1 fully saturated rings. The highest BCUT2D eigenvalue weighted by Gasteiger charge is 2.28. The lowest BCUT2D eigenvalue weighted by Crippen LogP contribution is -2.37. The Bertz CT molecular complexity index is 903. The Morgan fingerprint density at radius 1 is 1.19 bits per heavy atom. The first-order chi connectivity index (χ1) is 12.7. The number of nitrogens with two attached hydrogens (primary N) is 1. The van der Waals surface area contributed by atoms with Crippen LogP contribution >= 0.6 is 0 Å². The SMILES string of the molecule is NC(Cc1ccccc1)C(=O)Nc1cccc(-c2nnnn2C2CC2)c1. The molecule has 0 spiro atoms. The first-order valence-corrected chi connectivity index (χ1v) is 8.69. The Labute approximate surface area is 151 Å². The Morgan fingerprint density at radius 3 is 2.77 bits per heavy atom. The zero-order valence-corrected chi connectivity index (χ0v) is 14.2. The summed E-state index contributed by atoms with van der Waals surface area (Å²) in [5, 5.41) is 14.9. The molecule has 132 valence electrons. The van der Waals surface area contributed by atoms with Gasteiger partial charge < -0.3 is 11.1 Å². The molecule has 0 saturated heterocycles. The minimum atomic E-state index is -0.613. The lowest BCUT2D eigenvalue weighted by molar-refractivity contribution is -0.117. The van der Waals surface area contributed by atoms with Crippen molar-refractivity contribution in [2.24, 2.45) is 5.73 Å². The van der Waals surface area contributed by atoms with Crippen molar-refractivity contribution >= 4 is 11.6 Å².